The molecule has 2 rings (SSSR count). The number of rotatable bonds is 2. The molecule has 0 radical (unpaired) electrons. The van der Waals surface area contributed by atoms with Gasteiger partial charge in [0.25, 0.3) is 0 Å². The quantitative estimate of drug-likeness (QED) is 0.787. The van der Waals surface area contributed by atoms with Gasteiger partial charge in [0.05, 0.1) is 11.1 Å². The third kappa shape index (κ3) is 2.80. The highest BCUT2D eigenvalue weighted by atomic mass is 16.6. The zero-order chi connectivity index (χ0) is 16.5. The van der Waals surface area contributed by atoms with Crippen molar-refractivity contribution >= 4 is 17.6 Å². The van der Waals surface area contributed by atoms with E-state index in [1.54, 1.807) is 33.8 Å². The zero-order valence-corrected chi connectivity index (χ0v) is 13.3. The average Bonchev–Trinajstić information content (AvgIpc) is 2.73. The van der Waals surface area contributed by atoms with E-state index in [4.69, 9.17) is 10.1 Å². The van der Waals surface area contributed by atoms with Gasteiger partial charge in [0.2, 0.25) is 11.2 Å². The van der Waals surface area contributed by atoms with E-state index in [1.165, 1.54) is 4.90 Å². The third-order valence-electron chi connectivity index (χ3n) is 3.71. The fourth-order valence-corrected chi connectivity index (χ4v) is 2.62. The summed E-state index contributed by atoms with van der Waals surface area (Å²) in [5.41, 5.74) is -0.116. The van der Waals surface area contributed by atoms with Crippen molar-refractivity contribution < 1.29 is 14.3 Å². The van der Waals surface area contributed by atoms with Crippen LogP contribution in [-0.2, 0) is 14.9 Å². The fourth-order valence-electron chi connectivity index (χ4n) is 2.62. The molecule has 1 aliphatic rings. The number of carbonyl (C=O) groups excluding carboxylic acids is 2. The van der Waals surface area contributed by atoms with Gasteiger partial charge in [-0.05, 0) is 39.3 Å². The zero-order valence-electron chi connectivity index (χ0n) is 13.3. The molecular formula is C16H20N3O3+. The van der Waals surface area contributed by atoms with Crippen LogP contribution in [0.4, 0.5) is 10.5 Å². The molecule has 0 spiro atoms. The molecule has 0 aliphatic carbocycles. The second kappa shape index (κ2) is 5.41. The van der Waals surface area contributed by atoms with E-state index in [0.717, 1.165) is 5.56 Å². The fraction of sp³-hybridized carbons (Fsp3) is 0.500. The predicted octanol–water partition coefficient (Wildman–Crippen LogP) is 3.12. The molecule has 6 heteroatoms. The summed E-state index contributed by atoms with van der Waals surface area (Å²) in [6, 6.07) is 7.23. The maximum absolute atomic E-state index is 12.4. The number of anilines is 1. The van der Waals surface area contributed by atoms with Crippen molar-refractivity contribution in [2.75, 3.05) is 18.0 Å². The molecule has 0 aromatic heterocycles. The van der Waals surface area contributed by atoms with E-state index in [-0.39, 0.29) is 18.9 Å². The summed E-state index contributed by atoms with van der Waals surface area (Å²) < 4.78 is 5.41. The monoisotopic (exact) mass is 302 g/mol. The molecule has 1 aliphatic heterocycles. The molecular weight excluding hydrogens is 282 g/mol. The minimum atomic E-state index is -0.903. The van der Waals surface area contributed by atoms with Gasteiger partial charge in [0, 0.05) is 6.54 Å². The lowest BCUT2D eigenvalue weighted by Gasteiger charge is -2.26. The summed E-state index contributed by atoms with van der Waals surface area (Å²) in [7, 11) is 0. The smallest absolute Gasteiger partial charge is 0.414 e. The number of diazo groups is 1. The molecule has 0 bridgehead atoms. The Morgan fingerprint density at radius 1 is 1.36 bits per heavy atom. The largest absolute Gasteiger partial charge is 0.443 e. The Labute approximate surface area is 129 Å². The summed E-state index contributed by atoms with van der Waals surface area (Å²) in [4.78, 5) is 29.2. The van der Waals surface area contributed by atoms with Crippen LogP contribution in [0.5, 0.6) is 0 Å². The molecule has 1 atom stereocenters. The molecule has 0 fully saturated rings. The number of amides is 1. The summed E-state index contributed by atoms with van der Waals surface area (Å²) in [6.45, 7) is 7.01. The van der Waals surface area contributed by atoms with Crippen LogP contribution in [0, 0.1) is 5.39 Å². The highest BCUT2D eigenvalue weighted by Gasteiger charge is 2.48. The Morgan fingerprint density at radius 2 is 2.00 bits per heavy atom. The standard InChI is InChI=1S/C16H20N3O3/c1-15(2,3)22-14(21)19-10-16(4,13(20)9-18-17)11-7-5-6-8-12(11)19/h5-8H,9-10H2,1-4H3/q+1. The molecule has 0 saturated carbocycles. The first-order valence-electron chi connectivity index (χ1n) is 7.13. The predicted molar refractivity (Wildman–Crippen MR) is 82.3 cm³/mol. The van der Waals surface area contributed by atoms with E-state index >= 15 is 0 Å². The molecule has 116 valence electrons. The highest BCUT2D eigenvalue weighted by molar-refractivity contribution is 6.01. The van der Waals surface area contributed by atoms with Crippen molar-refractivity contribution in [2.45, 2.75) is 38.7 Å². The van der Waals surface area contributed by atoms with Gasteiger partial charge in [-0.25, -0.2) is 4.79 Å². The lowest BCUT2D eigenvalue weighted by atomic mass is 9.80. The first-order chi connectivity index (χ1) is 10.2. The van der Waals surface area contributed by atoms with Crippen molar-refractivity contribution in [1.82, 2.24) is 0 Å². The van der Waals surface area contributed by atoms with Crippen LogP contribution < -0.4 is 4.90 Å². The number of benzene rings is 1. The Kier molecular flexibility index (Phi) is 3.92. The molecule has 1 unspecified atom stereocenters. The molecule has 1 aromatic rings. The lowest BCUT2D eigenvalue weighted by Crippen LogP contribution is -2.43. The van der Waals surface area contributed by atoms with Crippen LogP contribution in [0.1, 0.15) is 33.3 Å². The Balaban J connectivity index is 2.40. The first kappa shape index (κ1) is 16.0. The third-order valence-corrected chi connectivity index (χ3v) is 3.71. The van der Waals surface area contributed by atoms with Gasteiger partial charge in [-0.2, -0.15) is 0 Å². The average molecular weight is 302 g/mol. The van der Waals surface area contributed by atoms with Gasteiger partial charge in [0.15, 0.2) is 0 Å². The molecule has 1 heterocycles. The number of ether oxygens (including phenoxy) is 1. The van der Waals surface area contributed by atoms with Crippen LogP contribution in [0.3, 0.4) is 0 Å². The summed E-state index contributed by atoms with van der Waals surface area (Å²) in [5.74, 6) is -0.242. The number of nitrogens with zero attached hydrogens (tertiary/aromatic N) is 3. The second-order valence-electron chi connectivity index (χ2n) is 6.64. The Morgan fingerprint density at radius 3 is 2.59 bits per heavy atom. The Hall–Kier alpha value is -2.42. The second-order valence-corrected chi connectivity index (χ2v) is 6.64. The van der Waals surface area contributed by atoms with Gasteiger partial charge in [-0.1, -0.05) is 18.2 Å². The van der Waals surface area contributed by atoms with Crippen molar-refractivity contribution in [3.05, 3.63) is 34.8 Å². The highest BCUT2D eigenvalue weighted by Crippen LogP contribution is 2.41. The number of ketones is 1. The molecule has 1 amide bonds. The van der Waals surface area contributed by atoms with E-state index in [9.17, 15) is 9.59 Å². The van der Waals surface area contributed by atoms with E-state index < -0.39 is 17.1 Å². The van der Waals surface area contributed by atoms with Gasteiger partial charge in [-0.15, -0.1) is 0 Å². The molecule has 0 saturated heterocycles. The van der Waals surface area contributed by atoms with E-state index in [0.29, 0.717) is 5.69 Å². The molecule has 22 heavy (non-hydrogen) atoms. The maximum Gasteiger partial charge on any atom is 0.414 e. The van der Waals surface area contributed by atoms with E-state index in [1.807, 2.05) is 18.2 Å². The molecule has 6 nitrogen and oxygen atoms in total. The van der Waals surface area contributed by atoms with Crippen molar-refractivity contribution in [3.8, 4) is 0 Å². The summed E-state index contributed by atoms with van der Waals surface area (Å²) in [6.07, 6.45) is -0.489. The number of hydrogen-bond acceptors (Lipinski definition) is 4. The number of hydrogen-bond donors (Lipinski definition) is 0. The van der Waals surface area contributed by atoms with Gasteiger partial charge < -0.3 is 4.74 Å². The number of Topliss-reactive ketones (excluding diaryl/α,β-unsaturated/α-hetero) is 1. The Bertz CT molecular complexity index is 657. The minimum Gasteiger partial charge on any atom is -0.443 e. The number of fused-ring (bicyclic) bond motifs is 1. The van der Waals surface area contributed by atoms with Crippen LogP contribution in [0.25, 0.3) is 4.98 Å². The van der Waals surface area contributed by atoms with Crippen LogP contribution in [-0.4, -0.2) is 30.6 Å². The van der Waals surface area contributed by atoms with Gasteiger partial charge in [0.1, 0.15) is 10.6 Å². The minimum absolute atomic E-state index is 0.176. The summed E-state index contributed by atoms with van der Waals surface area (Å²) >= 11 is 0. The number of para-hydroxylation sites is 1. The van der Waals surface area contributed by atoms with Crippen LogP contribution >= 0.6 is 0 Å². The SMILES string of the molecule is CC(C)(C)OC(=O)N1CC(C)(C(=O)C[N+]#N)c2ccccc21. The molecule has 1 aromatic carbocycles. The normalized spacial score (nSPS) is 20.2. The maximum atomic E-state index is 12.4. The first-order valence-corrected chi connectivity index (χ1v) is 7.13. The van der Waals surface area contributed by atoms with E-state index in [2.05, 4.69) is 4.98 Å². The molecule has 0 N–H and O–H groups in total. The van der Waals surface area contributed by atoms with Crippen molar-refractivity contribution in [1.29, 1.82) is 5.39 Å². The topological polar surface area (TPSA) is 74.8 Å². The van der Waals surface area contributed by atoms with Gasteiger partial charge >= 0.3 is 12.6 Å². The number of carbonyl (C=O) groups is 2. The van der Waals surface area contributed by atoms with Crippen LogP contribution in [0.2, 0.25) is 0 Å². The lowest BCUT2D eigenvalue weighted by molar-refractivity contribution is -0.121. The van der Waals surface area contributed by atoms with Crippen LogP contribution in [0.15, 0.2) is 24.3 Å². The van der Waals surface area contributed by atoms with Crippen molar-refractivity contribution in [2.24, 2.45) is 0 Å². The van der Waals surface area contributed by atoms with Gasteiger partial charge in [-0.3, -0.25) is 9.69 Å². The van der Waals surface area contributed by atoms with Crippen molar-refractivity contribution in [3.63, 3.8) is 0 Å². The summed E-state index contributed by atoms with van der Waals surface area (Å²) in [5, 5.41) is 8.69.